The van der Waals surface area contributed by atoms with Crippen LogP contribution in [0, 0.1) is 0 Å². The average molecular weight is 477 g/mol. The monoisotopic (exact) mass is 476 g/mol. The van der Waals surface area contributed by atoms with Crippen molar-refractivity contribution in [2.24, 2.45) is 17.3 Å². The number of hydrogen-bond donors (Lipinski definition) is 1. The molecule has 3 aromatic carbocycles. The molecule has 0 unspecified atom stereocenters. The Kier molecular flexibility index (Phi) is 7.24. The lowest BCUT2D eigenvalue weighted by Gasteiger charge is -2.11. The molecule has 0 atom stereocenters. The van der Waals surface area contributed by atoms with E-state index in [4.69, 9.17) is 14.2 Å². The number of thiazole rings is 1. The number of fused-ring (bicyclic) bond motifs is 1. The quantitative estimate of drug-likeness (QED) is 0.305. The number of benzene rings is 3. The van der Waals surface area contributed by atoms with Crippen molar-refractivity contribution in [2.75, 3.05) is 26.1 Å². The summed E-state index contributed by atoms with van der Waals surface area (Å²) in [7, 11) is 5.10. The van der Waals surface area contributed by atoms with Gasteiger partial charge in [-0.15, -0.1) is 5.10 Å². The molecule has 0 fully saturated rings. The van der Waals surface area contributed by atoms with E-state index in [0.717, 1.165) is 20.6 Å². The van der Waals surface area contributed by atoms with E-state index in [2.05, 4.69) is 27.7 Å². The average Bonchev–Trinajstić information content (AvgIpc) is 3.19. The number of carbonyl (C=O) groups is 1. The maximum absolute atomic E-state index is 12.2. The lowest BCUT2D eigenvalue weighted by molar-refractivity contribution is -0.118. The van der Waals surface area contributed by atoms with E-state index >= 15 is 0 Å². The Morgan fingerprint density at radius 2 is 1.82 bits per heavy atom. The Labute approximate surface area is 200 Å². The molecule has 8 nitrogen and oxygen atoms in total. The summed E-state index contributed by atoms with van der Waals surface area (Å²) in [5, 5.41) is 11.3. The zero-order chi connectivity index (χ0) is 23.9. The first-order chi connectivity index (χ1) is 16.6. The van der Waals surface area contributed by atoms with Crippen LogP contribution in [0.4, 0.5) is 5.69 Å². The summed E-state index contributed by atoms with van der Waals surface area (Å²) in [6, 6.07) is 20.5. The first-order valence-corrected chi connectivity index (χ1v) is 11.3. The maximum Gasteiger partial charge on any atom is 0.262 e. The highest BCUT2D eigenvalue weighted by Gasteiger charge is 2.09. The number of aryl methyl sites for hydroxylation is 1. The van der Waals surface area contributed by atoms with Gasteiger partial charge in [-0.3, -0.25) is 4.79 Å². The summed E-state index contributed by atoms with van der Waals surface area (Å²) >= 11 is 1.57. The van der Waals surface area contributed by atoms with Crippen LogP contribution < -0.4 is 24.3 Å². The van der Waals surface area contributed by atoms with Crippen molar-refractivity contribution >= 4 is 39.4 Å². The highest BCUT2D eigenvalue weighted by Crippen LogP contribution is 2.27. The molecule has 174 valence electrons. The summed E-state index contributed by atoms with van der Waals surface area (Å²) in [5.74, 6) is 1.38. The zero-order valence-corrected chi connectivity index (χ0v) is 19.8. The Balaban J connectivity index is 1.40. The molecular formula is C25H24N4O4S. The number of methoxy groups -OCH3 is 2. The van der Waals surface area contributed by atoms with Crippen molar-refractivity contribution < 1.29 is 19.0 Å². The van der Waals surface area contributed by atoms with Gasteiger partial charge >= 0.3 is 0 Å². The molecular weight excluding hydrogens is 452 g/mol. The normalized spacial score (nSPS) is 11.7. The number of anilines is 1. The molecule has 0 saturated carbocycles. The Morgan fingerprint density at radius 3 is 2.56 bits per heavy atom. The van der Waals surface area contributed by atoms with Gasteiger partial charge in [0, 0.05) is 12.7 Å². The van der Waals surface area contributed by atoms with E-state index in [1.54, 1.807) is 68.2 Å². The minimum atomic E-state index is -0.284. The first-order valence-electron chi connectivity index (χ1n) is 10.4. The fourth-order valence-electron chi connectivity index (χ4n) is 3.22. The van der Waals surface area contributed by atoms with Crippen molar-refractivity contribution in [3.8, 4) is 17.2 Å². The van der Waals surface area contributed by atoms with Gasteiger partial charge < -0.3 is 24.1 Å². The van der Waals surface area contributed by atoms with Gasteiger partial charge in [0.15, 0.2) is 18.1 Å². The standard InChI is InChI=1S/C25H24N4O4S/c1-29-20-6-4-5-7-23(20)34-25(29)28-26-15-17-8-13-21(22(14-17)32-3)33-16-24(30)27-18-9-11-19(31-2)12-10-18/h4-15H,16H2,1-3H3,(H,27,30)/b26-15-,28-25-. The van der Waals surface area contributed by atoms with Crippen LogP contribution in [0.5, 0.6) is 17.2 Å². The number of ether oxygens (including phenoxy) is 3. The van der Waals surface area contributed by atoms with Crippen LogP contribution in [-0.2, 0) is 11.8 Å². The second-order valence-electron chi connectivity index (χ2n) is 7.23. The minimum absolute atomic E-state index is 0.159. The van der Waals surface area contributed by atoms with E-state index in [0.29, 0.717) is 22.9 Å². The molecule has 4 aromatic rings. The molecule has 1 amide bonds. The predicted octanol–water partition coefficient (Wildman–Crippen LogP) is 4.21. The molecule has 0 saturated heterocycles. The highest BCUT2D eigenvalue weighted by molar-refractivity contribution is 7.16. The fourth-order valence-corrected chi connectivity index (χ4v) is 4.20. The summed E-state index contributed by atoms with van der Waals surface area (Å²) in [4.78, 5) is 13.0. The predicted molar refractivity (Wildman–Crippen MR) is 134 cm³/mol. The van der Waals surface area contributed by atoms with Gasteiger partial charge in [-0.1, -0.05) is 23.5 Å². The molecule has 1 N–H and O–H groups in total. The van der Waals surface area contributed by atoms with Gasteiger partial charge in [-0.05, 0) is 60.2 Å². The van der Waals surface area contributed by atoms with Crippen LogP contribution in [0.1, 0.15) is 5.56 Å². The molecule has 9 heteroatoms. The van der Waals surface area contributed by atoms with Crippen molar-refractivity contribution in [1.82, 2.24) is 4.57 Å². The van der Waals surface area contributed by atoms with Crippen LogP contribution in [0.3, 0.4) is 0 Å². The van der Waals surface area contributed by atoms with E-state index in [1.165, 1.54) is 0 Å². The van der Waals surface area contributed by atoms with E-state index in [-0.39, 0.29) is 12.5 Å². The highest BCUT2D eigenvalue weighted by atomic mass is 32.1. The van der Waals surface area contributed by atoms with Crippen LogP contribution in [-0.4, -0.2) is 37.5 Å². The second kappa shape index (κ2) is 10.7. The van der Waals surface area contributed by atoms with E-state index < -0.39 is 0 Å². The molecule has 0 spiro atoms. The maximum atomic E-state index is 12.2. The molecule has 0 bridgehead atoms. The summed E-state index contributed by atoms with van der Waals surface area (Å²) in [6.07, 6.45) is 1.65. The third kappa shape index (κ3) is 5.44. The van der Waals surface area contributed by atoms with Crippen molar-refractivity contribution in [1.29, 1.82) is 0 Å². The topological polar surface area (TPSA) is 86.4 Å². The lowest BCUT2D eigenvalue weighted by atomic mass is 10.2. The number of hydrogen-bond acceptors (Lipinski definition) is 7. The van der Waals surface area contributed by atoms with Crippen LogP contribution in [0.2, 0.25) is 0 Å². The molecule has 1 aromatic heterocycles. The van der Waals surface area contributed by atoms with Crippen molar-refractivity contribution in [2.45, 2.75) is 0 Å². The fraction of sp³-hybridized carbons (Fsp3) is 0.160. The minimum Gasteiger partial charge on any atom is -0.497 e. The Morgan fingerprint density at radius 1 is 1.03 bits per heavy atom. The molecule has 0 aliphatic heterocycles. The Hall–Kier alpha value is -4.11. The number of carbonyl (C=O) groups excluding carboxylic acids is 1. The molecule has 0 aliphatic rings. The van der Waals surface area contributed by atoms with Gasteiger partial charge in [0.25, 0.3) is 5.91 Å². The van der Waals surface area contributed by atoms with E-state index in [1.807, 2.05) is 29.8 Å². The molecule has 34 heavy (non-hydrogen) atoms. The van der Waals surface area contributed by atoms with Crippen molar-refractivity contribution in [3.63, 3.8) is 0 Å². The van der Waals surface area contributed by atoms with Gasteiger partial charge in [0.1, 0.15) is 5.75 Å². The van der Waals surface area contributed by atoms with Gasteiger partial charge in [-0.2, -0.15) is 5.10 Å². The zero-order valence-electron chi connectivity index (χ0n) is 19.0. The largest absolute Gasteiger partial charge is 0.497 e. The van der Waals surface area contributed by atoms with Gasteiger partial charge in [-0.25, -0.2) is 0 Å². The third-order valence-electron chi connectivity index (χ3n) is 4.99. The molecule has 0 radical (unpaired) electrons. The van der Waals surface area contributed by atoms with Crippen molar-refractivity contribution in [3.05, 3.63) is 77.1 Å². The third-order valence-corrected chi connectivity index (χ3v) is 6.09. The van der Waals surface area contributed by atoms with Gasteiger partial charge in [0.2, 0.25) is 4.80 Å². The first kappa shape index (κ1) is 23.1. The number of aromatic nitrogens is 1. The number of para-hydroxylation sites is 1. The van der Waals surface area contributed by atoms with Crippen LogP contribution in [0.25, 0.3) is 10.2 Å². The van der Waals surface area contributed by atoms with Crippen LogP contribution in [0.15, 0.2) is 76.9 Å². The number of amides is 1. The number of rotatable bonds is 8. The van der Waals surface area contributed by atoms with E-state index in [9.17, 15) is 4.79 Å². The summed E-state index contributed by atoms with van der Waals surface area (Å²) in [5.41, 5.74) is 2.56. The summed E-state index contributed by atoms with van der Waals surface area (Å²) in [6.45, 7) is -0.159. The SMILES string of the molecule is COc1ccc(NC(=O)COc2ccc(/C=N\N=c3/sc4ccccc4n3C)cc2OC)cc1. The number of nitrogens with zero attached hydrogens (tertiary/aromatic N) is 3. The second-order valence-corrected chi connectivity index (χ2v) is 8.24. The van der Waals surface area contributed by atoms with Crippen LogP contribution >= 0.6 is 11.3 Å². The molecule has 1 heterocycles. The van der Waals surface area contributed by atoms with Gasteiger partial charge in [0.05, 0.1) is 30.7 Å². The summed E-state index contributed by atoms with van der Waals surface area (Å²) < 4.78 is 19.3. The Bertz CT molecular complexity index is 1390. The lowest BCUT2D eigenvalue weighted by Crippen LogP contribution is -2.20. The smallest absolute Gasteiger partial charge is 0.262 e. The molecule has 0 aliphatic carbocycles. The number of nitrogens with one attached hydrogen (secondary N) is 1. The molecule has 4 rings (SSSR count).